The number of hydrogen-bond acceptors (Lipinski definition) is 2. The van der Waals surface area contributed by atoms with Crippen LogP contribution < -0.4 is 0 Å². The third kappa shape index (κ3) is 2.42. The van der Waals surface area contributed by atoms with Gasteiger partial charge in [-0.1, -0.05) is 48.5 Å². The SMILES string of the molecule is CC(=O)OCc1cc2c3c(cccc3c1)C=C2c1ccccc1. The maximum atomic E-state index is 11.1. The van der Waals surface area contributed by atoms with Gasteiger partial charge in [0.05, 0.1) is 0 Å². The lowest BCUT2D eigenvalue weighted by Crippen LogP contribution is -1.99. The third-order valence-electron chi connectivity index (χ3n) is 4.19. The van der Waals surface area contributed by atoms with Crippen molar-refractivity contribution in [2.24, 2.45) is 0 Å². The highest BCUT2D eigenvalue weighted by atomic mass is 16.5. The molecule has 3 aromatic rings. The zero-order valence-electron chi connectivity index (χ0n) is 12.9. The van der Waals surface area contributed by atoms with Crippen LogP contribution in [0, 0.1) is 0 Å². The molecule has 0 aliphatic heterocycles. The molecule has 0 saturated heterocycles. The van der Waals surface area contributed by atoms with Crippen molar-refractivity contribution in [3.05, 3.63) is 82.9 Å². The van der Waals surface area contributed by atoms with Crippen LogP contribution in [0.5, 0.6) is 0 Å². The van der Waals surface area contributed by atoms with Crippen LogP contribution in [0.25, 0.3) is 22.4 Å². The maximum absolute atomic E-state index is 11.1. The van der Waals surface area contributed by atoms with E-state index < -0.39 is 0 Å². The van der Waals surface area contributed by atoms with Crippen LogP contribution in [-0.2, 0) is 16.1 Å². The van der Waals surface area contributed by atoms with Gasteiger partial charge in [0.15, 0.2) is 0 Å². The summed E-state index contributed by atoms with van der Waals surface area (Å²) < 4.78 is 5.18. The zero-order chi connectivity index (χ0) is 15.8. The maximum Gasteiger partial charge on any atom is 0.302 e. The van der Waals surface area contributed by atoms with Crippen LogP contribution in [0.3, 0.4) is 0 Å². The Hall–Kier alpha value is -2.87. The first-order valence-electron chi connectivity index (χ1n) is 7.69. The Morgan fingerprint density at radius 3 is 2.61 bits per heavy atom. The van der Waals surface area contributed by atoms with E-state index in [2.05, 4.69) is 60.7 Å². The molecular formula is C21H16O2. The summed E-state index contributed by atoms with van der Waals surface area (Å²) in [5, 5.41) is 2.46. The molecule has 0 heterocycles. The second kappa shape index (κ2) is 5.40. The minimum absolute atomic E-state index is 0.255. The van der Waals surface area contributed by atoms with Crippen molar-refractivity contribution in [3.63, 3.8) is 0 Å². The standard InChI is InChI=1S/C21H16O2/c1-14(22)23-13-15-10-17-8-5-9-18-12-19(20(11-15)21(17)18)16-6-3-2-4-7-16/h2-12H,13H2,1H3. The lowest BCUT2D eigenvalue weighted by Gasteiger charge is -2.10. The molecule has 0 unspecified atom stereocenters. The Morgan fingerprint density at radius 2 is 1.83 bits per heavy atom. The van der Waals surface area contributed by atoms with Gasteiger partial charge >= 0.3 is 5.97 Å². The average molecular weight is 300 g/mol. The number of esters is 1. The molecule has 2 nitrogen and oxygen atoms in total. The molecule has 1 aliphatic carbocycles. The Kier molecular flexibility index (Phi) is 3.23. The molecule has 0 atom stereocenters. The van der Waals surface area contributed by atoms with Crippen molar-refractivity contribution in [2.75, 3.05) is 0 Å². The van der Waals surface area contributed by atoms with E-state index >= 15 is 0 Å². The molecular weight excluding hydrogens is 284 g/mol. The number of benzene rings is 3. The first kappa shape index (κ1) is 13.8. The molecule has 2 heteroatoms. The van der Waals surface area contributed by atoms with Gasteiger partial charge in [-0.15, -0.1) is 0 Å². The van der Waals surface area contributed by atoms with Crippen LogP contribution in [-0.4, -0.2) is 5.97 Å². The predicted molar refractivity (Wildman–Crippen MR) is 92.8 cm³/mol. The predicted octanol–water partition coefficient (Wildman–Crippen LogP) is 4.81. The molecule has 0 bridgehead atoms. The highest BCUT2D eigenvalue weighted by molar-refractivity contribution is 6.13. The highest BCUT2D eigenvalue weighted by Crippen LogP contribution is 2.40. The van der Waals surface area contributed by atoms with Crippen molar-refractivity contribution >= 4 is 28.4 Å². The zero-order valence-corrected chi connectivity index (χ0v) is 12.9. The summed E-state index contributed by atoms with van der Waals surface area (Å²) in [5.74, 6) is -0.255. The Balaban J connectivity index is 1.87. The third-order valence-corrected chi connectivity index (χ3v) is 4.19. The minimum Gasteiger partial charge on any atom is -0.461 e. The van der Waals surface area contributed by atoms with Gasteiger partial charge < -0.3 is 4.74 Å². The van der Waals surface area contributed by atoms with Crippen LogP contribution in [0.15, 0.2) is 60.7 Å². The van der Waals surface area contributed by atoms with E-state index in [1.807, 2.05) is 6.07 Å². The molecule has 4 rings (SSSR count). The van der Waals surface area contributed by atoms with Crippen molar-refractivity contribution in [3.8, 4) is 0 Å². The smallest absolute Gasteiger partial charge is 0.302 e. The lowest BCUT2D eigenvalue weighted by molar-refractivity contribution is -0.142. The summed E-state index contributed by atoms with van der Waals surface area (Å²) in [7, 11) is 0. The summed E-state index contributed by atoms with van der Waals surface area (Å²) >= 11 is 0. The van der Waals surface area contributed by atoms with Crippen molar-refractivity contribution in [1.29, 1.82) is 0 Å². The van der Waals surface area contributed by atoms with Gasteiger partial charge in [0.25, 0.3) is 0 Å². The first-order chi connectivity index (χ1) is 11.2. The van der Waals surface area contributed by atoms with Gasteiger partial charge in [-0.3, -0.25) is 4.79 Å². The van der Waals surface area contributed by atoms with Gasteiger partial charge in [0, 0.05) is 6.92 Å². The van der Waals surface area contributed by atoms with Gasteiger partial charge in [0.2, 0.25) is 0 Å². The molecule has 0 radical (unpaired) electrons. The van der Waals surface area contributed by atoms with E-state index in [1.165, 1.54) is 40.0 Å². The molecule has 112 valence electrons. The summed E-state index contributed by atoms with van der Waals surface area (Å²) in [6.07, 6.45) is 2.24. The van der Waals surface area contributed by atoms with E-state index in [0.717, 1.165) is 5.56 Å². The number of carbonyl (C=O) groups excluding carboxylic acids is 1. The molecule has 0 spiro atoms. The Labute approximate surface area is 135 Å². The summed E-state index contributed by atoms with van der Waals surface area (Å²) in [5.41, 5.74) is 5.90. The number of carbonyl (C=O) groups is 1. The Bertz CT molecular complexity index is 937. The summed E-state index contributed by atoms with van der Waals surface area (Å²) in [6, 6.07) is 21.0. The van der Waals surface area contributed by atoms with Crippen LogP contribution in [0.2, 0.25) is 0 Å². The van der Waals surface area contributed by atoms with Gasteiger partial charge in [-0.25, -0.2) is 0 Å². The van der Waals surface area contributed by atoms with E-state index in [4.69, 9.17) is 4.74 Å². The molecule has 0 N–H and O–H groups in total. The minimum atomic E-state index is -0.255. The van der Waals surface area contributed by atoms with Gasteiger partial charge in [0.1, 0.15) is 6.61 Å². The second-order valence-electron chi connectivity index (χ2n) is 5.79. The molecule has 0 saturated carbocycles. The summed E-state index contributed by atoms with van der Waals surface area (Å²) in [4.78, 5) is 11.1. The number of ether oxygens (including phenoxy) is 1. The highest BCUT2D eigenvalue weighted by Gasteiger charge is 2.18. The average Bonchev–Trinajstić information content (AvgIpc) is 2.94. The fraction of sp³-hybridized carbons (Fsp3) is 0.0952. The van der Waals surface area contributed by atoms with E-state index in [1.54, 1.807) is 0 Å². The van der Waals surface area contributed by atoms with Crippen molar-refractivity contribution in [2.45, 2.75) is 13.5 Å². The number of hydrogen-bond donors (Lipinski definition) is 0. The molecule has 1 aliphatic rings. The van der Waals surface area contributed by atoms with Crippen LogP contribution in [0.1, 0.15) is 29.2 Å². The molecule has 0 fully saturated rings. The Morgan fingerprint density at radius 1 is 1.00 bits per heavy atom. The van der Waals surface area contributed by atoms with Gasteiger partial charge in [-0.05, 0) is 56.8 Å². The largest absolute Gasteiger partial charge is 0.461 e. The fourth-order valence-corrected chi connectivity index (χ4v) is 3.21. The van der Waals surface area contributed by atoms with E-state index in [-0.39, 0.29) is 5.97 Å². The first-order valence-corrected chi connectivity index (χ1v) is 7.69. The molecule has 0 aromatic heterocycles. The van der Waals surface area contributed by atoms with Crippen molar-refractivity contribution in [1.82, 2.24) is 0 Å². The van der Waals surface area contributed by atoms with Gasteiger partial charge in [-0.2, -0.15) is 0 Å². The monoisotopic (exact) mass is 300 g/mol. The lowest BCUT2D eigenvalue weighted by atomic mass is 9.96. The number of rotatable bonds is 3. The van der Waals surface area contributed by atoms with E-state index in [9.17, 15) is 4.79 Å². The second-order valence-corrected chi connectivity index (χ2v) is 5.79. The molecule has 0 amide bonds. The van der Waals surface area contributed by atoms with Crippen molar-refractivity contribution < 1.29 is 9.53 Å². The normalized spacial score (nSPS) is 12.3. The van der Waals surface area contributed by atoms with Crippen LogP contribution in [0.4, 0.5) is 0 Å². The fourth-order valence-electron chi connectivity index (χ4n) is 3.21. The molecule has 23 heavy (non-hydrogen) atoms. The topological polar surface area (TPSA) is 26.3 Å². The molecule has 3 aromatic carbocycles. The summed E-state index contributed by atoms with van der Waals surface area (Å²) in [6.45, 7) is 1.75. The quantitative estimate of drug-likeness (QED) is 0.508. The van der Waals surface area contributed by atoms with E-state index in [0.29, 0.717) is 6.61 Å². The van der Waals surface area contributed by atoms with Crippen LogP contribution >= 0.6 is 0 Å².